The van der Waals surface area contributed by atoms with Gasteiger partial charge < -0.3 is 0 Å². The van der Waals surface area contributed by atoms with E-state index in [0.29, 0.717) is 24.0 Å². The monoisotopic (exact) mass is 414 g/mol. The van der Waals surface area contributed by atoms with E-state index in [9.17, 15) is 8.78 Å². The molecular weight excluding hydrogens is 374 g/mol. The molecule has 0 aromatic heterocycles. The summed E-state index contributed by atoms with van der Waals surface area (Å²) in [6, 6.07) is 3.66. The Morgan fingerprint density at radius 1 is 0.833 bits per heavy atom. The molecule has 1 aromatic carbocycles. The van der Waals surface area contributed by atoms with E-state index >= 15 is 0 Å². The van der Waals surface area contributed by atoms with Crippen molar-refractivity contribution < 1.29 is 8.78 Å². The van der Waals surface area contributed by atoms with Gasteiger partial charge in [0.15, 0.2) is 11.6 Å². The van der Waals surface area contributed by atoms with Gasteiger partial charge in [0.2, 0.25) is 0 Å². The maximum Gasteiger partial charge on any atom is 0.162 e. The van der Waals surface area contributed by atoms with Crippen LogP contribution in [0.3, 0.4) is 0 Å². The van der Waals surface area contributed by atoms with Crippen molar-refractivity contribution >= 4 is 0 Å². The number of rotatable bonds is 6. The molecule has 0 heterocycles. The maximum atomic E-state index is 14.8. The van der Waals surface area contributed by atoms with Crippen LogP contribution in [0.2, 0.25) is 0 Å². The average molecular weight is 415 g/mol. The molecule has 0 N–H and O–H groups in total. The molecule has 0 nitrogen and oxygen atoms in total. The van der Waals surface area contributed by atoms with Crippen LogP contribution in [0, 0.1) is 41.2 Å². The summed E-state index contributed by atoms with van der Waals surface area (Å²) < 4.78 is 29.3. The Hall–Kier alpha value is -1.18. The zero-order valence-corrected chi connectivity index (χ0v) is 18.9. The summed E-state index contributed by atoms with van der Waals surface area (Å²) in [5.41, 5.74) is 1.11. The van der Waals surface area contributed by atoms with Gasteiger partial charge in [-0.05, 0) is 117 Å². The third-order valence-electron chi connectivity index (χ3n) is 9.03. The van der Waals surface area contributed by atoms with E-state index in [4.69, 9.17) is 0 Å². The van der Waals surface area contributed by atoms with Crippen molar-refractivity contribution in [3.8, 4) is 0 Å². The van der Waals surface area contributed by atoms with Gasteiger partial charge in [-0.2, -0.15) is 0 Å². The Kier molecular flexibility index (Phi) is 7.32. The standard InChI is InChI=1S/C28H40F2/c1-3-5-6-22-15-16-26(28(30)27(22)29)21-11-9-20(10-12-21)24-14-13-23-17-19(4-2)7-8-25(23)18-24/h3,15-16,19-21,23-25H,1,4-14,17-18H2,2H3. The lowest BCUT2D eigenvalue weighted by Gasteiger charge is -2.45. The number of allylic oxidation sites excluding steroid dienone is 1. The first-order chi connectivity index (χ1) is 14.6. The lowest BCUT2D eigenvalue weighted by Crippen LogP contribution is -2.34. The smallest absolute Gasteiger partial charge is 0.162 e. The lowest BCUT2D eigenvalue weighted by atomic mass is 9.60. The van der Waals surface area contributed by atoms with Gasteiger partial charge >= 0.3 is 0 Å². The van der Waals surface area contributed by atoms with E-state index in [1.54, 1.807) is 12.1 Å². The molecule has 0 saturated heterocycles. The normalized spacial score (nSPS) is 34.4. The number of hydrogen-bond acceptors (Lipinski definition) is 0. The minimum atomic E-state index is -0.627. The fraction of sp³-hybridized carbons (Fsp3) is 0.714. The Labute approximate surface area is 182 Å². The fourth-order valence-corrected chi connectivity index (χ4v) is 7.09. The molecule has 3 saturated carbocycles. The molecule has 0 spiro atoms. The highest BCUT2D eigenvalue weighted by molar-refractivity contribution is 5.29. The van der Waals surface area contributed by atoms with Crippen LogP contribution in [0.4, 0.5) is 8.78 Å². The zero-order valence-electron chi connectivity index (χ0n) is 18.9. The molecule has 0 aliphatic heterocycles. The predicted molar refractivity (Wildman–Crippen MR) is 122 cm³/mol. The van der Waals surface area contributed by atoms with Crippen LogP contribution in [-0.2, 0) is 6.42 Å². The molecule has 0 bridgehead atoms. The van der Waals surface area contributed by atoms with Crippen molar-refractivity contribution in [2.24, 2.45) is 29.6 Å². The van der Waals surface area contributed by atoms with Crippen LogP contribution in [0.1, 0.15) is 101 Å². The number of halogens is 2. The third-order valence-corrected chi connectivity index (χ3v) is 9.03. The van der Waals surface area contributed by atoms with Crippen molar-refractivity contribution in [3.05, 3.63) is 47.5 Å². The SMILES string of the molecule is C=CCCc1ccc(C2CCC(C3CCC4CC(CC)CCC4C3)CC2)c(F)c1F. The van der Waals surface area contributed by atoms with Crippen LogP contribution in [0.15, 0.2) is 24.8 Å². The van der Waals surface area contributed by atoms with Crippen molar-refractivity contribution in [1.29, 1.82) is 0 Å². The predicted octanol–water partition coefficient (Wildman–Crippen LogP) is 8.60. The topological polar surface area (TPSA) is 0 Å². The summed E-state index contributed by atoms with van der Waals surface area (Å²) in [4.78, 5) is 0. The van der Waals surface area contributed by atoms with E-state index in [-0.39, 0.29) is 5.92 Å². The van der Waals surface area contributed by atoms with E-state index in [2.05, 4.69) is 13.5 Å². The first kappa shape index (κ1) is 22.0. The number of benzene rings is 1. The van der Waals surface area contributed by atoms with E-state index in [1.165, 1.54) is 57.8 Å². The Bertz CT molecular complexity index is 716. The molecule has 3 aliphatic carbocycles. The second-order valence-corrected chi connectivity index (χ2v) is 10.6. The van der Waals surface area contributed by atoms with Gasteiger partial charge in [0.05, 0.1) is 0 Å². The average Bonchev–Trinajstić information content (AvgIpc) is 2.79. The first-order valence-corrected chi connectivity index (χ1v) is 12.7. The van der Waals surface area contributed by atoms with Crippen LogP contribution in [0.5, 0.6) is 0 Å². The molecule has 0 radical (unpaired) electrons. The molecule has 4 atom stereocenters. The minimum Gasteiger partial charge on any atom is -0.203 e. The Morgan fingerprint density at radius 3 is 2.17 bits per heavy atom. The summed E-state index contributed by atoms with van der Waals surface area (Å²) >= 11 is 0. The molecule has 3 aliphatic rings. The molecule has 4 rings (SSSR count). The van der Waals surface area contributed by atoms with Gasteiger partial charge in [-0.15, -0.1) is 6.58 Å². The number of aryl methyl sites for hydroxylation is 1. The van der Waals surface area contributed by atoms with Crippen molar-refractivity contribution in [1.82, 2.24) is 0 Å². The molecule has 4 unspecified atom stereocenters. The molecule has 0 amide bonds. The van der Waals surface area contributed by atoms with Crippen molar-refractivity contribution in [2.75, 3.05) is 0 Å². The van der Waals surface area contributed by atoms with Crippen molar-refractivity contribution in [3.63, 3.8) is 0 Å². The number of hydrogen-bond donors (Lipinski definition) is 0. The van der Waals surface area contributed by atoms with Crippen LogP contribution >= 0.6 is 0 Å². The minimum absolute atomic E-state index is 0.195. The van der Waals surface area contributed by atoms with Gasteiger partial charge in [-0.25, -0.2) is 8.78 Å². The summed E-state index contributed by atoms with van der Waals surface area (Å²) in [5.74, 6) is 3.62. The molecule has 1 aromatic rings. The quantitative estimate of drug-likeness (QED) is 0.409. The number of fused-ring (bicyclic) bond motifs is 1. The second kappa shape index (κ2) is 9.96. The summed E-state index contributed by atoms with van der Waals surface area (Å²) in [5, 5.41) is 0. The van der Waals surface area contributed by atoms with Gasteiger partial charge in [0.25, 0.3) is 0 Å². The summed E-state index contributed by atoms with van der Waals surface area (Å²) in [6.07, 6.45) is 17.5. The molecule has 2 heteroatoms. The van der Waals surface area contributed by atoms with E-state index in [0.717, 1.165) is 42.4 Å². The fourth-order valence-electron chi connectivity index (χ4n) is 7.09. The lowest BCUT2D eigenvalue weighted by molar-refractivity contribution is 0.0628. The summed E-state index contributed by atoms with van der Waals surface area (Å²) in [7, 11) is 0. The van der Waals surface area contributed by atoms with Gasteiger partial charge in [0, 0.05) is 0 Å². The van der Waals surface area contributed by atoms with E-state index in [1.807, 2.05) is 6.07 Å². The largest absolute Gasteiger partial charge is 0.203 e. The second-order valence-electron chi connectivity index (χ2n) is 10.6. The molecule has 166 valence electrons. The summed E-state index contributed by atoms with van der Waals surface area (Å²) in [6.45, 7) is 6.04. The Balaban J connectivity index is 1.32. The molecular formula is C28H40F2. The highest BCUT2D eigenvalue weighted by atomic mass is 19.2. The first-order valence-electron chi connectivity index (χ1n) is 12.7. The molecule has 3 fully saturated rings. The van der Waals surface area contributed by atoms with Gasteiger partial charge in [0.1, 0.15) is 0 Å². The van der Waals surface area contributed by atoms with Crippen LogP contribution in [-0.4, -0.2) is 0 Å². The third kappa shape index (κ3) is 4.68. The maximum absolute atomic E-state index is 14.8. The van der Waals surface area contributed by atoms with Crippen LogP contribution in [0.25, 0.3) is 0 Å². The van der Waals surface area contributed by atoms with E-state index < -0.39 is 11.6 Å². The highest BCUT2D eigenvalue weighted by Gasteiger charge is 2.38. The Morgan fingerprint density at radius 2 is 1.47 bits per heavy atom. The van der Waals surface area contributed by atoms with Crippen LogP contribution < -0.4 is 0 Å². The molecule has 30 heavy (non-hydrogen) atoms. The highest BCUT2D eigenvalue weighted by Crippen LogP contribution is 2.50. The van der Waals surface area contributed by atoms with Gasteiger partial charge in [-0.3, -0.25) is 0 Å². The van der Waals surface area contributed by atoms with Gasteiger partial charge in [-0.1, -0.05) is 38.0 Å². The zero-order chi connectivity index (χ0) is 21.1. The van der Waals surface area contributed by atoms with Crippen molar-refractivity contribution in [2.45, 2.75) is 96.3 Å².